The van der Waals surface area contributed by atoms with Gasteiger partial charge in [0.15, 0.2) is 0 Å². The van der Waals surface area contributed by atoms with Crippen LogP contribution >= 0.6 is 11.3 Å². The lowest BCUT2D eigenvalue weighted by Gasteiger charge is -2.32. The molecule has 5 heterocycles. The molecule has 0 bridgehead atoms. The number of aryl methyl sites for hydroxylation is 1. The summed E-state index contributed by atoms with van der Waals surface area (Å²) in [5.41, 5.74) is 2.04. The van der Waals surface area contributed by atoms with Crippen molar-refractivity contribution in [3.8, 4) is 10.6 Å². The van der Waals surface area contributed by atoms with Crippen molar-refractivity contribution < 1.29 is 9.53 Å². The zero-order valence-corrected chi connectivity index (χ0v) is 21.5. The van der Waals surface area contributed by atoms with Crippen LogP contribution in [0.4, 0.5) is 16.4 Å². The van der Waals surface area contributed by atoms with Crippen LogP contribution in [-0.4, -0.2) is 83.3 Å². The summed E-state index contributed by atoms with van der Waals surface area (Å²) in [6.45, 7) is 8.55. The second-order valence-electron chi connectivity index (χ2n) is 9.26. The topological polar surface area (TPSA) is 95.5 Å². The second kappa shape index (κ2) is 11.8. The number of pyridine rings is 2. The highest BCUT2D eigenvalue weighted by molar-refractivity contribution is 7.15. The number of piperidine rings is 1. The maximum absolute atomic E-state index is 12.6. The summed E-state index contributed by atoms with van der Waals surface area (Å²) in [5.74, 6) is 1.91. The van der Waals surface area contributed by atoms with Crippen molar-refractivity contribution in [3.05, 3.63) is 53.3 Å². The number of rotatable bonds is 7. The molecule has 0 aromatic carbocycles. The number of aromatic nitrogens is 3. The number of nitrogens with one attached hydrogen (secondary N) is 2. The van der Waals surface area contributed by atoms with E-state index in [0.29, 0.717) is 12.5 Å². The van der Waals surface area contributed by atoms with Gasteiger partial charge in [-0.2, -0.15) is 0 Å². The Morgan fingerprint density at radius 2 is 1.94 bits per heavy atom. The molecule has 36 heavy (non-hydrogen) atoms. The number of urea groups is 1. The monoisotopic (exact) mass is 507 g/mol. The number of nitrogens with zero attached hydrogens (tertiary/aromatic N) is 5. The summed E-state index contributed by atoms with van der Waals surface area (Å²) in [6.07, 6.45) is 5.56. The predicted molar refractivity (Wildman–Crippen MR) is 142 cm³/mol. The van der Waals surface area contributed by atoms with Crippen LogP contribution in [0.25, 0.3) is 10.6 Å². The lowest BCUT2D eigenvalue weighted by molar-refractivity contribution is 0.0385. The van der Waals surface area contributed by atoms with Gasteiger partial charge in [0.25, 0.3) is 0 Å². The number of likely N-dealkylation sites (tertiary alicyclic amines) is 1. The standard InChI is InChI=1S/C26H33N7O2S/c1-19-5-8-27-24(17-19)31-23-4-2-3-21(30-23)22-18-29-25(36-22)20-6-10-33(11-7-20)26(34)28-9-12-32-13-15-35-16-14-32/h2-5,8,17-18,20H,6-7,9-16H2,1H3,(H,28,34)(H,27,30,31). The quantitative estimate of drug-likeness (QED) is 0.501. The normalized spacial score (nSPS) is 17.2. The van der Waals surface area contributed by atoms with Gasteiger partial charge >= 0.3 is 6.03 Å². The molecular weight excluding hydrogens is 474 g/mol. The Kier molecular flexibility index (Phi) is 8.04. The number of carbonyl (C=O) groups is 1. The minimum atomic E-state index is 0.0400. The van der Waals surface area contributed by atoms with Gasteiger partial charge in [0.1, 0.15) is 11.6 Å². The molecule has 0 radical (unpaired) electrons. The van der Waals surface area contributed by atoms with Gasteiger partial charge in [-0.15, -0.1) is 11.3 Å². The number of ether oxygens (including phenoxy) is 1. The predicted octanol–water partition coefficient (Wildman–Crippen LogP) is 3.87. The summed E-state index contributed by atoms with van der Waals surface area (Å²) < 4.78 is 5.38. The van der Waals surface area contributed by atoms with Crippen LogP contribution in [0.1, 0.15) is 29.3 Å². The molecule has 0 aliphatic carbocycles. The lowest BCUT2D eigenvalue weighted by atomic mass is 9.98. The number of hydrogen-bond donors (Lipinski definition) is 2. The van der Waals surface area contributed by atoms with E-state index >= 15 is 0 Å². The zero-order chi connectivity index (χ0) is 24.7. The summed E-state index contributed by atoms with van der Waals surface area (Å²) >= 11 is 1.70. The highest BCUT2D eigenvalue weighted by Crippen LogP contribution is 2.34. The first-order valence-electron chi connectivity index (χ1n) is 12.6. The Bertz CT molecular complexity index is 1160. The van der Waals surface area contributed by atoms with Crippen molar-refractivity contribution in [2.24, 2.45) is 0 Å². The molecule has 2 fully saturated rings. The Morgan fingerprint density at radius 3 is 2.75 bits per heavy atom. The molecular formula is C26H33N7O2S. The van der Waals surface area contributed by atoms with Crippen LogP contribution in [0, 0.1) is 6.92 Å². The summed E-state index contributed by atoms with van der Waals surface area (Å²) in [6, 6.07) is 9.95. The van der Waals surface area contributed by atoms with Gasteiger partial charge in [-0.05, 0) is 49.6 Å². The van der Waals surface area contributed by atoms with E-state index in [1.165, 1.54) is 0 Å². The minimum absolute atomic E-state index is 0.0400. The Morgan fingerprint density at radius 1 is 1.11 bits per heavy atom. The number of carbonyl (C=O) groups excluding carboxylic acids is 1. The fourth-order valence-electron chi connectivity index (χ4n) is 4.56. The van der Waals surface area contributed by atoms with Crippen molar-refractivity contribution in [2.45, 2.75) is 25.7 Å². The maximum atomic E-state index is 12.6. The Labute approximate surface area is 215 Å². The van der Waals surface area contributed by atoms with E-state index in [1.54, 1.807) is 17.5 Å². The fraction of sp³-hybridized carbons (Fsp3) is 0.462. The SMILES string of the molecule is Cc1ccnc(Nc2cccc(-c3cnc(C4CCN(C(=O)NCCN5CCOCC5)CC4)s3)n2)c1. The first-order valence-corrected chi connectivity index (χ1v) is 13.4. The third-order valence-corrected chi connectivity index (χ3v) is 7.82. The molecule has 2 N–H and O–H groups in total. The van der Waals surface area contributed by atoms with Crippen LogP contribution < -0.4 is 10.6 Å². The number of amides is 2. The molecule has 5 rings (SSSR count). The van der Waals surface area contributed by atoms with E-state index in [9.17, 15) is 4.79 Å². The van der Waals surface area contributed by atoms with Gasteiger partial charge in [0.2, 0.25) is 0 Å². The van der Waals surface area contributed by atoms with E-state index in [-0.39, 0.29) is 6.03 Å². The van der Waals surface area contributed by atoms with E-state index in [1.807, 2.05) is 48.4 Å². The van der Waals surface area contributed by atoms with Gasteiger partial charge in [-0.3, -0.25) is 4.90 Å². The maximum Gasteiger partial charge on any atom is 0.317 e. The molecule has 2 aliphatic heterocycles. The number of hydrogen-bond acceptors (Lipinski definition) is 8. The van der Waals surface area contributed by atoms with E-state index in [4.69, 9.17) is 14.7 Å². The number of anilines is 2. The van der Waals surface area contributed by atoms with E-state index in [2.05, 4.69) is 20.5 Å². The third kappa shape index (κ3) is 6.37. The summed E-state index contributed by atoms with van der Waals surface area (Å²) in [7, 11) is 0. The molecule has 0 unspecified atom stereocenters. The van der Waals surface area contributed by atoms with E-state index < -0.39 is 0 Å². The molecule has 190 valence electrons. The van der Waals surface area contributed by atoms with Crippen molar-refractivity contribution in [1.82, 2.24) is 30.1 Å². The van der Waals surface area contributed by atoms with Crippen molar-refractivity contribution in [3.63, 3.8) is 0 Å². The van der Waals surface area contributed by atoms with Crippen LogP contribution in [0.3, 0.4) is 0 Å². The Balaban J connectivity index is 1.12. The average Bonchev–Trinajstić information content (AvgIpc) is 3.40. The highest BCUT2D eigenvalue weighted by Gasteiger charge is 2.26. The Hall–Kier alpha value is -3.08. The molecule has 2 saturated heterocycles. The molecule has 10 heteroatoms. The first-order chi connectivity index (χ1) is 17.6. The van der Waals surface area contributed by atoms with Gasteiger partial charge in [0, 0.05) is 57.6 Å². The summed E-state index contributed by atoms with van der Waals surface area (Å²) in [5, 5.41) is 7.49. The second-order valence-corrected chi connectivity index (χ2v) is 10.3. The molecule has 3 aromatic heterocycles. The van der Waals surface area contributed by atoms with Crippen LogP contribution in [0.5, 0.6) is 0 Å². The smallest absolute Gasteiger partial charge is 0.317 e. The number of morpholine rings is 1. The highest BCUT2D eigenvalue weighted by atomic mass is 32.1. The molecule has 3 aromatic rings. The van der Waals surface area contributed by atoms with Gasteiger partial charge < -0.3 is 20.3 Å². The zero-order valence-electron chi connectivity index (χ0n) is 20.7. The summed E-state index contributed by atoms with van der Waals surface area (Å²) in [4.78, 5) is 31.8. The van der Waals surface area contributed by atoms with Crippen LogP contribution in [0.2, 0.25) is 0 Å². The average molecular weight is 508 g/mol. The third-order valence-electron chi connectivity index (χ3n) is 6.64. The van der Waals surface area contributed by atoms with Crippen LogP contribution in [-0.2, 0) is 4.74 Å². The minimum Gasteiger partial charge on any atom is -0.379 e. The van der Waals surface area contributed by atoms with Crippen molar-refractivity contribution >= 4 is 29.0 Å². The first kappa shape index (κ1) is 24.6. The van der Waals surface area contributed by atoms with Crippen LogP contribution in [0.15, 0.2) is 42.7 Å². The lowest BCUT2D eigenvalue weighted by Crippen LogP contribution is -2.47. The molecule has 0 spiro atoms. The van der Waals surface area contributed by atoms with E-state index in [0.717, 1.165) is 91.6 Å². The van der Waals surface area contributed by atoms with Crippen molar-refractivity contribution in [1.29, 1.82) is 0 Å². The largest absolute Gasteiger partial charge is 0.379 e. The van der Waals surface area contributed by atoms with Gasteiger partial charge in [0.05, 0.1) is 28.8 Å². The van der Waals surface area contributed by atoms with Gasteiger partial charge in [-0.1, -0.05) is 6.07 Å². The van der Waals surface area contributed by atoms with Gasteiger partial charge in [-0.25, -0.2) is 19.7 Å². The molecule has 0 saturated carbocycles. The molecule has 9 nitrogen and oxygen atoms in total. The fourth-order valence-corrected chi connectivity index (χ4v) is 5.62. The molecule has 2 amide bonds. The number of thiazole rings is 1. The molecule has 2 aliphatic rings. The molecule has 0 atom stereocenters. The van der Waals surface area contributed by atoms with Crippen molar-refractivity contribution in [2.75, 3.05) is 57.8 Å².